The van der Waals surface area contributed by atoms with Crippen LogP contribution in [0.25, 0.3) is 0 Å². The van der Waals surface area contributed by atoms with Gasteiger partial charge in [0.25, 0.3) is 11.6 Å². The molecule has 1 amide bonds. The summed E-state index contributed by atoms with van der Waals surface area (Å²) in [4.78, 5) is 32.8. The van der Waals surface area contributed by atoms with Crippen LogP contribution in [0.3, 0.4) is 0 Å². The SMILES string of the molecule is O=C(NCC(O)CO)c1c([N+](=O)[O-])ccc(NCCBr)c1[N+](=O)[O-]. The molecule has 0 aliphatic carbocycles. The van der Waals surface area contributed by atoms with Gasteiger partial charge in [0.2, 0.25) is 0 Å². The average Bonchev–Trinajstić information content (AvgIpc) is 2.55. The maximum Gasteiger partial charge on any atom is 0.312 e. The molecule has 0 radical (unpaired) electrons. The fourth-order valence-corrected chi connectivity index (χ4v) is 2.03. The Hall–Kier alpha value is -2.31. The third-order valence-corrected chi connectivity index (χ3v) is 3.28. The molecule has 4 N–H and O–H groups in total. The minimum Gasteiger partial charge on any atom is -0.394 e. The van der Waals surface area contributed by atoms with E-state index < -0.39 is 51.9 Å². The van der Waals surface area contributed by atoms with Gasteiger partial charge in [-0.05, 0) is 6.07 Å². The zero-order valence-corrected chi connectivity index (χ0v) is 13.9. The topological polar surface area (TPSA) is 168 Å². The standard InChI is InChI=1S/C12H15BrN4O7/c13-3-4-14-8-1-2-9(16(21)22)10(11(8)17(23)24)12(20)15-5-7(19)6-18/h1-2,7,14,18-19H,3-6H2,(H,15,20). The van der Waals surface area contributed by atoms with Crippen LogP contribution < -0.4 is 10.6 Å². The van der Waals surface area contributed by atoms with Gasteiger partial charge in [0.05, 0.1) is 22.6 Å². The maximum atomic E-state index is 12.2. The molecular weight excluding hydrogens is 392 g/mol. The Morgan fingerprint density at radius 2 is 1.96 bits per heavy atom. The second kappa shape index (κ2) is 9.10. The number of benzene rings is 1. The van der Waals surface area contributed by atoms with Gasteiger partial charge in [-0.15, -0.1) is 0 Å². The van der Waals surface area contributed by atoms with E-state index in [2.05, 4.69) is 26.6 Å². The van der Waals surface area contributed by atoms with Gasteiger partial charge >= 0.3 is 5.69 Å². The molecule has 0 aliphatic rings. The number of carbonyl (C=O) groups is 1. The van der Waals surface area contributed by atoms with Gasteiger partial charge in [-0.2, -0.15) is 0 Å². The molecule has 0 heterocycles. The minimum atomic E-state index is -1.29. The number of hydrogen-bond acceptors (Lipinski definition) is 8. The summed E-state index contributed by atoms with van der Waals surface area (Å²) in [6.07, 6.45) is -1.29. The van der Waals surface area contributed by atoms with Crippen molar-refractivity contribution in [1.82, 2.24) is 5.32 Å². The van der Waals surface area contributed by atoms with Crippen LogP contribution in [0.2, 0.25) is 0 Å². The monoisotopic (exact) mass is 406 g/mol. The number of hydrogen-bond donors (Lipinski definition) is 4. The van der Waals surface area contributed by atoms with E-state index in [0.717, 1.165) is 12.1 Å². The highest BCUT2D eigenvalue weighted by Crippen LogP contribution is 2.35. The minimum absolute atomic E-state index is 0.0436. The summed E-state index contributed by atoms with van der Waals surface area (Å²) in [5.74, 6) is -1.09. The zero-order chi connectivity index (χ0) is 18.3. The third kappa shape index (κ3) is 4.84. The zero-order valence-electron chi connectivity index (χ0n) is 12.3. The van der Waals surface area contributed by atoms with Crippen molar-refractivity contribution >= 4 is 38.9 Å². The molecule has 0 saturated carbocycles. The first-order valence-corrected chi connectivity index (χ1v) is 7.78. The van der Waals surface area contributed by atoms with Gasteiger partial charge in [0.1, 0.15) is 5.69 Å². The van der Waals surface area contributed by atoms with Gasteiger partial charge in [-0.25, -0.2) is 0 Å². The van der Waals surface area contributed by atoms with Crippen molar-refractivity contribution in [3.8, 4) is 0 Å². The molecule has 12 heteroatoms. The van der Waals surface area contributed by atoms with Gasteiger partial charge in [-0.1, -0.05) is 15.9 Å². The molecule has 0 spiro atoms. The summed E-state index contributed by atoms with van der Waals surface area (Å²) in [6, 6.07) is 2.14. The molecule has 1 atom stereocenters. The second-order valence-corrected chi connectivity index (χ2v) is 5.33. The van der Waals surface area contributed by atoms with Crippen molar-refractivity contribution in [2.45, 2.75) is 6.10 Å². The van der Waals surface area contributed by atoms with Crippen LogP contribution in [0.5, 0.6) is 0 Å². The average molecular weight is 407 g/mol. The van der Waals surface area contributed by atoms with Crippen molar-refractivity contribution in [1.29, 1.82) is 0 Å². The number of rotatable bonds is 9. The van der Waals surface area contributed by atoms with E-state index in [1.54, 1.807) is 0 Å². The molecule has 1 rings (SSSR count). The number of nitro benzene ring substituents is 2. The molecular formula is C12H15BrN4O7. The Balaban J connectivity index is 3.37. The largest absolute Gasteiger partial charge is 0.394 e. The first kappa shape index (κ1) is 19.7. The number of carbonyl (C=O) groups excluding carboxylic acids is 1. The fourth-order valence-electron chi connectivity index (χ4n) is 1.83. The lowest BCUT2D eigenvalue weighted by Gasteiger charge is -2.12. The lowest BCUT2D eigenvalue weighted by Crippen LogP contribution is -2.34. The van der Waals surface area contributed by atoms with Crippen molar-refractivity contribution in [3.63, 3.8) is 0 Å². The first-order valence-electron chi connectivity index (χ1n) is 6.66. The first-order chi connectivity index (χ1) is 11.3. The van der Waals surface area contributed by atoms with E-state index in [9.17, 15) is 30.1 Å². The summed E-state index contributed by atoms with van der Waals surface area (Å²) < 4.78 is 0. The molecule has 0 aromatic heterocycles. The lowest BCUT2D eigenvalue weighted by atomic mass is 10.1. The van der Waals surface area contributed by atoms with Gasteiger partial charge < -0.3 is 20.8 Å². The molecule has 24 heavy (non-hydrogen) atoms. The number of alkyl halides is 1. The molecule has 0 aliphatic heterocycles. The highest BCUT2D eigenvalue weighted by molar-refractivity contribution is 9.09. The molecule has 1 aromatic rings. The van der Waals surface area contributed by atoms with Crippen molar-refractivity contribution in [2.24, 2.45) is 0 Å². The summed E-state index contributed by atoms with van der Waals surface area (Å²) >= 11 is 3.13. The van der Waals surface area contributed by atoms with E-state index in [-0.39, 0.29) is 5.69 Å². The van der Waals surface area contributed by atoms with Crippen LogP contribution in [-0.4, -0.2) is 57.1 Å². The van der Waals surface area contributed by atoms with Crippen LogP contribution in [0.1, 0.15) is 10.4 Å². The summed E-state index contributed by atoms with van der Waals surface area (Å²) in [5, 5.41) is 45.7. The molecule has 0 fully saturated rings. The van der Waals surface area contributed by atoms with Crippen LogP contribution in [-0.2, 0) is 0 Å². The summed E-state index contributed by atoms with van der Waals surface area (Å²) in [7, 11) is 0. The van der Waals surface area contributed by atoms with Crippen LogP contribution in [0, 0.1) is 20.2 Å². The van der Waals surface area contributed by atoms with Crippen LogP contribution >= 0.6 is 15.9 Å². The highest BCUT2D eigenvalue weighted by Gasteiger charge is 2.34. The van der Waals surface area contributed by atoms with Crippen LogP contribution in [0.4, 0.5) is 17.1 Å². The highest BCUT2D eigenvalue weighted by atomic mass is 79.9. The van der Waals surface area contributed by atoms with Crippen molar-refractivity contribution in [3.05, 3.63) is 37.9 Å². The molecule has 0 bridgehead atoms. The second-order valence-electron chi connectivity index (χ2n) is 4.53. The van der Waals surface area contributed by atoms with Crippen LogP contribution in [0.15, 0.2) is 12.1 Å². The Morgan fingerprint density at radius 3 is 2.46 bits per heavy atom. The Labute approximate surface area is 144 Å². The number of aliphatic hydroxyl groups is 2. The van der Waals surface area contributed by atoms with Gasteiger partial charge in [-0.3, -0.25) is 25.0 Å². The molecule has 1 unspecified atom stereocenters. The molecule has 132 valence electrons. The van der Waals surface area contributed by atoms with Crippen molar-refractivity contribution in [2.75, 3.05) is 30.3 Å². The van der Waals surface area contributed by atoms with E-state index in [1.807, 2.05) is 0 Å². The predicted octanol–water partition coefficient (Wildman–Crippen LogP) is 0.393. The fraction of sp³-hybridized carbons (Fsp3) is 0.417. The Kier molecular flexibility index (Phi) is 7.48. The number of halogens is 1. The van der Waals surface area contributed by atoms with Gasteiger partial charge in [0.15, 0.2) is 5.56 Å². The number of amides is 1. The number of nitrogens with zero attached hydrogens (tertiary/aromatic N) is 2. The molecule has 0 saturated heterocycles. The Bertz CT molecular complexity index is 640. The number of nitro groups is 2. The number of aliphatic hydroxyl groups excluding tert-OH is 2. The maximum absolute atomic E-state index is 12.2. The summed E-state index contributed by atoms with van der Waals surface area (Å²) in [6.45, 7) is -0.761. The smallest absolute Gasteiger partial charge is 0.312 e. The van der Waals surface area contributed by atoms with E-state index in [4.69, 9.17) is 5.11 Å². The number of nitrogens with one attached hydrogen (secondary N) is 2. The molecule has 11 nitrogen and oxygen atoms in total. The third-order valence-electron chi connectivity index (χ3n) is 2.88. The predicted molar refractivity (Wildman–Crippen MR) is 87.5 cm³/mol. The quantitative estimate of drug-likeness (QED) is 0.259. The Morgan fingerprint density at radius 1 is 1.29 bits per heavy atom. The van der Waals surface area contributed by atoms with Gasteiger partial charge in [0, 0.05) is 24.5 Å². The van der Waals surface area contributed by atoms with E-state index >= 15 is 0 Å². The number of anilines is 1. The normalized spacial score (nSPS) is 11.6. The lowest BCUT2D eigenvalue weighted by molar-refractivity contribution is -0.394. The van der Waals surface area contributed by atoms with E-state index in [0.29, 0.717) is 11.9 Å². The molecule has 1 aromatic carbocycles. The summed E-state index contributed by atoms with van der Waals surface area (Å²) in [5.41, 5.74) is -2.24. The van der Waals surface area contributed by atoms with Crippen molar-refractivity contribution < 1.29 is 24.9 Å². The van der Waals surface area contributed by atoms with E-state index in [1.165, 1.54) is 0 Å².